The van der Waals surface area contributed by atoms with Crippen LogP contribution in [0, 0.1) is 18.7 Å². The molecule has 1 fully saturated rings. The van der Waals surface area contributed by atoms with E-state index in [1.54, 1.807) is 11.0 Å². The van der Waals surface area contributed by atoms with Gasteiger partial charge in [0.05, 0.1) is 23.0 Å². The number of hydrogen-bond acceptors (Lipinski definition) is 3. The van der Waals surface area contributed by atoms with Crippen LogP contribution >= 0.6 is 0 Å². The first-order valence-corrected chi connectivity index (χ1v) is 11.6. The van der Waals surface area contributed by atoms with Gasteiger partial charge in [0.15, 0.2) is 0 Å². The molecule has 3 aromatic rings. The van der Waals surface area contributed by atoms with Crippen LogP contribution in [0.15, 0.2) is 36.8 Å². The Kier molecular flexibility index (Phi) is 6.33. The Balaban J connectivity index is 1.88. The van der Waals surface area contributed by atoms with Crippen molar-refractivity contribution < 1.29 is 9.18 Å². The Morgan fingerprint density at radius 2 is 2.00 bits per heavy atom. The van der Waals surface area contributed by atoms with E-state index in [4.69, 9.17) is 0 Å². The van der Waals surface area contributed by atoms with Gasteiger partial charge in [-0.2, -0.15) is 0 Å². The molecular formula is C26H33FN4O. The second-order valence-corrected chi connectivity index (χ2v) is 9.50. The quantitative estimate of drug-likeness (QED) is 0.599. The van der Waals surface area contributed by atoms with E-state index in [0.717, 1.165) is 37.0 Å². The largest absolute Gasteiger partial charge is 0.334 e. The molecule has 0 bridgehead atoms. The lowest BCUT2D eigenvalue weighted by atomic mass is 9.97. The van der Waals surface area contributed by atoms with Crippen molar-refractivity contribution in [2.45, 2.75) is 59.5 Å². The van der Waals surface area contributed by atoms with Gasteiger partial charge in [-0.15, -0.1) is 0 Å². The highest BCUT2D eigenvalue weighted by atomic mass is 19.1. The number of hydrogen-bond donors (Lipinski definition) is 1. The zero-order chi connectivity index (χ0) is 23.0. The summed E-state index contributed by atoms with van der Waals surface area (Å²) in [6.45, 7) is 12.1. The van der Waals surface area contributed by atoms with Crippen LogP contribution in [0.25, 0.3) is 16.6 Å². The molecule has 0 spiro atoms. The molecule has 1 atom stereocenters. The van der Waals surface area contributed by atoms with Crippen LogP contribution in [0.4, 0.5) is 4.39 Å². The van der Waals surface area contributed by atoms with Crippen molar-refractivity contribution in [2.75, 3.05) is 13.1 Å². The Hall–Kier alpha value is -2.73. The molecule has 1 N–H and O–H groups in total. The third-order valence-electron chi connectivity index (χ3n) is 6.45. The van der Waals surface area contributed by atoms with Crippen LogP contribution in [0.5, 0.6) is 0 Å². The van der Waals surface area contributed by atoms with E-state index in [2.05, 4.69) is 23.4 Å². The minimum absolute atomic E-state index is 0.00867. The number of pyridine rings is 1. The normalized spacial score (nSPS) is 16.4. The molecule has 1 aromatic carbocycles. The summed E-state index contributed by atoms with van der Waals surface area (Å²) in [5.41, 5.74) is 4.38. The van der Waals surface area contributed by atoms with Gasteiger partial charge in [-0.1, -0.05) is 0 Å². The SMILES string of the molecule is Cc1cncc2c1c(C[C@@H]1CCNC1)cn2-c1ccc(F)cc1C(=O)N(C(C)C)C(C)C. The minimum Gasteiger partial charge on any atom is -0.334 e. The first-order chi connectivity index (χ1) is 15.3. The fraction of sp³-hybridized carbons (Fsp3) is 0.462. The number of benzene rings is 1. The van der Waals surface area contributed by atoms with Crippen LogP contribution < -0.4 is 5.32 Å². The topological polar surface area (TPSA) is 50.2 Å². The Morgan fingerprint density at radius 1 is 1.25 bits per heavy atom. The smallest absolute Gasteiger partial charge is 0.256 e. The highest BCUT2D eigenvalue weighted by Gasteiger charge is 2.26. The Morgan fingerprint density at radius 3 is 2.66 bits per heavy atom. The van der Waals surface area contributed by atoms with Crippen LogP contribution in [-0.2, 0) is 6.42 Å². The molecule has 0 unspecified atom stereocenters. The van der Waals surface area contributed by atoms with E-state index in [1.807, 2.05) is 44.7 Å². The molecule has 1 aliphatic rings. The van der Waals surface area contributed by atoms with Crippen LogP contribution in [0.2, 0.25) is 0 Å². The van der Waals surface area contributed by atoms with Crippen molar-refractivity contribution in [3.8, 4) is 5.69 Å². The fourth-order valence-electron chi connectivity index (χ4n) is 5.09. The van der Waals surface area contributed by atoms with E-state index in [0.29, 0.717) is 17.2 Å². The third kappa shape index (κ3) is 4.16. The molecule has 2 aromatic heterocycles. The van der Waals surface area contributed by atoms with Crippen molar-refractivity contribution >= 4 is 16.8 Å². The summed E-state index contributed by atoms with van der Waals surface area (Å²) in [6.07, 6.45) is 7.99. The Labute approximate surface area is 189 Å². The summed E-state index contributed by atoms with van der Waals surface area (Å²) in [5, 5.41) is 4.63. The molecule has 0 aliphatic carbocycles. The van der Waals surface area contributed by atoms with Gasteiger partial charge in [0.1, 0.15) is 5.82 Å². The molecule has 3 heterocycles. The van der Waals surface area contributed by atoms with Crippen molar-refractivity contribution in [3.63, 3.8) is 0 Å². The van der Waals surface area contributed by atoms with Gasteiger partial charge in [-0.3, -0.25) is 9.78 Å². The van der Waals surface area contributed by atoms with Gasteiger partial charge >= 0.3 is 0 Å². The maximum absolute atomic E-state index is 14.3. The predicted octanol–water partition coefficient (Wildman–Crippen LogP) is 4.88. The van der Waals surface area contributed by atoms with Crippen molar-refractivity contribution in [3.05, 3.63) is 59.3 Å². The number of amides is 1. The molecule has 5 nitrogen and oxygen atoms in total. The summed E-state index contributed by atoms with van der Waals surface area (Å²) in [6, 6.07) is 4.52. The fourth-order valence-corrected chi connectivity index (χ4v) is 5.09. The number of fused-ring (bicyclic) bond motifs is 1. The molecule has 32 heavy (non-hydrogen) atoms. The lowest BCUT2D eigenvalue weighted by Gasteiger charge is -2.31. The van der Waals surface area contributed by atoms with Gasteiger partial charge < -0.3 is 14.8 Å². The second-order valence-electron chi connectivity index (χ2n) is 9.50. The summed E-state index contributed by atoms with van der Waals surface area (Å²) >= 11 is 0. The number of nitrogens with one attached hydrogen (secondary N) is 1. The molecule has 0 radical (unpaired) electrons. The molecular weight excluding hydrogens is 403 g/mol. The zero-order valence-corrected chi connectivity index (χ0v) is 19.7. The summed E-state index contributed by atoms with van der Waals surface area (Å²) < 4.78 is 16.4. The highest BCUT2D eigenvalue weighted by molar-refractivity contribution is 5.99. The molecule has 4 rings (SSSR count). The Bertz CT molecular complexity index is 1120. The molecule has 1 aliphatic heterocycles. The van der Waals surface area contributed by atoms with E-state index in [9.17, 15) is 9.18 Å². The van der Waals surface area contributed by atoms with E-state index < -0.39 is 5.82 Å². The van der Waals surface area contributed by atoms with Gasteiger partial charge in [-0.25, -0.2) is 4.39 Å². The number of nitrogens with zero attached hydrogens (tertiary/aromatic N) is 3. The highest BCUT2D eigenvalue weighted by Crippen LogP contribution is 2.32. The molecule has 0 saturated carbocycles. The van der Waals surface area contributed by atoms with Gasteiger partial charge in [0.25, 0.3) is 5.91 Å². The first kappa shape index (κ1) is 22.5. The molecule has 1 saturated heterocycles. The van der Waals surface area contributed by atoms with Crippen LogP contribution in [-0.4, -0.2) is 45.5 Å². The minimum atomic E-state index is -0.410. The summed E-state index contributed by atoms with van der Waals surface area (Å²) in [4.78, 5) is 19.8. The summed E-state index contributed by atoms with van der Waals surface area (Å²) in [7, 11) is 0. The number of halogens is 1. The average molecular weight is 437 g/mol. The standard InChI is InChI=1S/C26H33FN4O/c1-16(2)31(17(3)4)26(32)22-11-21(27)6-7-23(22)30-15-20(10-19-8-9-28-13-19)25-18(5)12-29-14-24(25)30/h6-7,11-12,14-17,19,28H,8-10,13H2,1-5H3/t19-/m0/s1. The van der Waals surface area contributed by atoms with Crippen molar-refractivity contribution in [2.24, 2.45) is 5.92 Å². The van der Waals surface area contributed by atoms with Gasteiger partial charge in [0.2, 0.25) is 0 Å². The van der Waals surface area contributed by atoms with Crippen LogP contribution in [0.1, 0.15) is 55.6 Å². The lowest BCUT2D eigenvalue weighted by Crippen LogP contribution is -2.42. The van der Waals surface area contributed by atoms with E-state index >= 15 is 0 Å². The average Bonchev–Trinajstić information content (AvgIpc) is 3.36. The molecule has 1 amide bonds. The van der Waals surface area contributed by atoms with Crippen molar-refractivity contribution in [1.29, 1.82) is 0 Å². The maximum atomic E-state index is 14.3. The maximum Gasteiger partial charge on any atom is 0.256 e. The van der Waals surface area contributed by atoms with Crippen molar-refractivity contribution in [1.82, 2.24) is 19.8 Å². The van der Waals surface area contributed by atoms with Crippen LogP contribution in [0.3, 0.4) is 0 Å². The number of carbonyl (C=O) groups is 1. The zero-order valence-electron chi connectivity index (χ0n) is 19.7. The predicted molar refractivity (Wildman–Crippen MR) is 127 cm³/mol. The number of aryl methyl sites for hydroxylation is 1. The van der Waals surface area contributed by atoms with Gasteiger partial charge in [-0.05, 0) is 95.8 Å². The first-order valence-electron chi connectivity index (χ1n) is 11.6. The number of rotatable bonds is 6. The molecule has 170 valence electrons. The molecule has 6 heteroatoms. The van der Waals surface area contributed by atoms with E-state index in [-0.39, 0.29) is 18.0 Å². The lowest BCUT2D eigenvalue weighted by molar-refractivity contribution is 0.0643. The van der Waals surface area contributed by atoms with E-state index in [1.165, 1.54) is 23.1 Å². The summed E-state index contributed by atoms with van der Waals surface area (Å²) in [5.74, 6) is 0.0226. The third-order valence-corrected chi connectivity index (χ3v) is 6.45. The second kappa shape index (κ2) is 9.02. The monoisotopic (exact) mass is 436 g/mol. The number of aromatic nitrogens is 2. The van der Waals surface area contributed by atoms with Gasteiger partial charge in [0, 0.05) is 29.9 Å². The number of carbonyl (C=O) groups excluding carboxylic acids is 1.